The molecule has 0 saturated heterocycles. The van der Waals surface area contributed by atoms with Crippen LogP contribution >= 0.6 is 15.9 Å². The van der Waals surface area contributed by atoms with Gasteiger partial charge in [0.1, 0.15) is 5.75 Å². The quantitative estimate of drug-likeness (QED) is 0.106. The van der Waals surface area contributed by atoms with Crippen LogP contribution in [0.5, 0.6) is 5.75 Å². The highest BCUT2D eigenvalue weighted by molar-refractivity contribution is 9.10. The van der Waals surface area contributed by atoms with Crippen LogP contribution in [0.1, 0.15) is 49.9 Å². The minimum absolute atomic E-state index is 0.00626. The van der Waals surface area contributed by atoms with E-state index in [4.69, 9.17) is 4.65 Å². The van der Waals surface area contributed by atoms with Gasteiger partial charge in [0.05, 0.1) is 0 Å². The Morgan fingerprint density at radius 1 is 0.236 bits per heavy atom. The van der Waals surface area contributed by atoms with E-state index in [1.165, 1.54) is 186 Å². The fourth-order valence-electron chi connectivity index (χ4n) is 18.6. The van der Waals surface area contributed by atoms with Gasteiger partial charge in [-0.2, -0.15) is 0 Å². The predicted octanol–water partition coefficient (Wildman–Crippen LogP) is 28.2. The van der Waals surface area contributed by atoms with E-state index >= 15 is 0 Å². The van der Waals surface area contributed by atoms with Crippen molar-refractivity contribution < 1.29 is 9.68 Å². The van der Waals surface area contributed by atoms with Gasteiger partial charge < -0.3 is 9.68 Å². The van der Waals surface area contributed by atoms with E-state index in [1.54, 1.807) is 0 Å². The van der Waals surface area contributed by atoms with Crippen LogP contribution in [0, 0.1) is 0 Å². The Balaban J connectivity index is 0.000000115. The third-order valence-corrected chi connectivity index (χ3v) is 23.9. The highest BCUT2D eigenvalue weighted by Gasteiger charge is 2.38. The SMILES string of the molecule is CC1(C)c2ccc(-c3c4ccccc4c(-c4cccc5ccccc45)c4ccccc34)cc2-c2cc3c4ccccc4c4ccccc4c3cc21.CC1(C)c2ccc(Br)cc2-c2cc3c4ccccc4c4ccccc4c3cc21.O[B]Oc1c2ccccc2c(-c2cccc3ccccc23)c2ccccc12. The molecule has 20 aromatic carbocycles. The molecule has 4 heteroatoms. The molecular weight excluding hydrogens is 1350 g/mol. The number of hydrogen-bond acceptors (Lipinski definition) is 2. The molecule has 0 fully saturated rings. The number of hydrogen-bond donors (Lipinski definition) is 1. The zero-order valence-corrected chi connectivity index (χ0v) is 60.7. The number of rotatable bonds is 5. The molecule has 106 heavy (non-hydrogen) atoms. The fourth-order valence-corrected chi connectivity index (χ4v) is 19.0. The lowest BCUT2D eigenvalue weighted by molar-refractivity contribution is 0.459. The zero-order valence-electron chi connectivity index (χ0n) is 59.1. The molecule has 0 aliphatic heterocycles. The summed E-state index contributed by atoms with van der Waals surface area (Å²) in [5.41, 5.74) is 18.5. The fraction of sp³-hybridized carbons (Fsp3) is 0.0588. The van der Waals surface area contributed by atoms with E-state index in [9.17, 15) is 5.02 Å². The standard InChI is InChI=1S/C51H34.C27H19Br.C24H16BO2/c1-51(2)47-27-26-32(28-45(47)46-29-43-36-19-7-5-17-34(36)35-18-6-8-20-37(35)44(43)30-48(46)51)49-39-21-9-11-23-41(39)50(42-24-12-10-22-40(42)49)38-25-13-15-31-14-3-4-16-33(31)38;1-27(2)25-12-11-16(28)13-23(25)24-14-21-19-9-5-3-7-17(19)18-8-4-6-10-20(18)22(21)15-26(24)27;26-25-27-24-21-13-5-3-11-19(21)23(20-12-4-6-14-22(20)24)18-15-7-9-16-8-1-2-10-17(16)18/h3-30H,1-2H3;3-15H,1-2H3;1-15,26H. The first-order valence-electron chi connectivity index (χ1n) is 36.7. The normalized spacial score (nSPS) is 13.2. The van der Waals surface area contributed by atoms with Gasteiger partial charge in [0.25, 0.3) is 0 Å². The molecule has 2 aliphatic carbocycles. The molecule has 0 aromatic heterocycles. The Kier molecular flexibility index (Phi) is 14.8. The van der Waals surface area contributed by atoms with Crippen molar-refractivity contribution in [3.05, 3.63) is 366 Å². The molecule has 2 nitrogen and oxygen atoms in total. The summed E-state index contributed by atoms with van der Waals surface area (Å²) in [6.07, 6.45) is 0. The average Bonchev–Trinajstić information content (AvgIpc) is 1.55. The first-order chi connectivity index (χ1) is 52.0. The molecule has 0 heterocycles. The Hall–Kier alpha value is -12.2. The molecular formula is C102H69BBrO2. The van der Waals surface area contributed by atoms with Gasteiger partial charge >= 0.3 is 7.69 Å². The largest absolute Gasteiger partial charge is 0.569 e. The van der Waals surface area contributed by atoms with Crippen LogP contribution in [-0.4, -0.2) is 12.7 Å². The van der Waals surface area contributed by atoms with Crippen molar-refractivity contribution in [1.82, 2.24) is 0 Å². The molecule has 0 atom stereocenters. The van der Waals surface area contributed by atoms with Gasteiger partial charge in [-0.1, -0.05) is 341 Å². The van der Waals surface area contributed by atoms with Gasteiger partial charge in [0.2, 0.25) is 0 Å². The Morgan fingerprint density at radius 2 is 0.519 bits per heavy atom. The van der Waals surface area contributed by atoms with Crippen LogP contribution in [0.15, 0.2) is 344 Å². The summed E-state index contributed by atoms with van der Waals surface area (Å²) in [6.45, 7) is 9.49. The summed E-state index contributed by atoms with van der Waals surface area (Å²) in [5.74, 6) is 0.674. The van der Waals surface area contributed by atoms with Crippen LogP contribution in [0.25, 0.3) is 185 Å². The number of halogens is 1. The van der Waals surface area contributed by atoms with Crippen LogP contribution < -0.4 is 4.65 Å². The summed E-state index contributed by atoms with van der Waals surface area (Å²) in [5, 5.41) is 39.6. The van der Waals surface area contributed by atoms with Crippen molar-refractivity contribution in [2.75, 3.05) is 0 Å². The molecule has 0 unspecified atom stereocenters. The third-order valence-electron chi connectivity index (χ3n) is 23.4. The maximum atomic E-state index is 9.32. The first kappa shape index (κ1) is 63.5. The Morgan fingerprint density at radius 3 is 0.906 bits per heavy atom. The first-order valence-corrected chi connectivity index (χ1v) is 37.5. The molecule has 0 amide bonds. The lowest BCUT2D eigenvalue weighted by atomic mass is 9.80. The zero-order chi connectivity index (χ0) is 71.1. The predicted molar refractivity (Wildman–Crippen MR) is 457 cm³/mol. The second-order valence-electron chi connectivity index (χ2n) is 29.7. The second-order valence-corrected chi connectivity index (χ2v) is 30.6. The molecule has 1 N–H and O–H groups in total. The summed E-state index contributed by atoms with van der Waals surface area (Å²) in [4.78, 5) is 0. The highest BCUT2D eigenvalue weighted by atomic mass is 79.9. The summed E-state index contributed by atoms with van der Waals surface area (Å²) < 4.78 is 6.68. The molecule has 22 rings (SSSR count). The van der Waals surface area contributed by atoms with Gasteiger partial charge in [-0.15, -0.1) is 0 Å². The van der Waals surface area contributed by atoms with Crippen molar-refractivity contribution in [3.8, 4) is 61.4 Å². The second kappa shape index (κ2) is 24.8. The van der Waals surface area contributed by atoms with Gasteiger partial charge in [0.15, 0.2) is 0 Å². The van der Waals surface area contributed by atoms with E-state index in [1.807, 2.05) is 36.4 Å². The summed E-state index contributed by atoms with van der Waals surface area (Å²) in [7, 11) is 0.756. The van der Waals surface area contributed by atoms with Gasteiger partial charge in [-0.05, 0) is 239 Å². The Labute approximate surface area is 624 Å². The monoisotopic (exact) mass is 1420 g/mol. The van der Waals surface area contributed by atoms with Crippen molar-refractivity contribution in [2.45, 2.75) is 38.5 Å². The summed E-state index contributed by atoms with van der Waals surface area (Å²) >= 11 is 3.68. The maximum absolute atomic E-state index is 9.32. The molecule has 499 valence electrons. The molecule has 0 saturated carbocycles. The van der Waals surface area contributed by atoms with E-state index < -0.39 is 0 Å². The minimum atomic E-state index is -0.119. The number of benzene rings is 20. The van der Waals surface area contributed by atoms with Crippen LogP contribution in [-0.2, 0) is 10.8 Å². The smallest absolute Gasteiger partial charge is 0.537 e. The van der Waals surface area contributed by atoms with E-state index in [-0.39, 0.29) is 10.8 Å². The van der Waals surface area contributed by atoms with Crippen molar-refractivity contribution in [3.63, 3.8) is 0 Å². The topological polar surface area (TPSA) is 29.5 Å². The average molecular weight is 1420 g/mol. The third kappa shape index (κ3) is 9.74. The molecule has 2 aliphatic rings. The maximum Gasteiger partial charge on any atom is 0.569 e. The van der Waals surface area contributed by atoms with Crippen LogP contribution in [0.3, 0.4) is 0 Å². The van der Waals surface area contributed by atoms with Crippen molar-refractivity contribution in [2.24, 2.45) is 0 Å². The highest BCUT2D eigenvalue weighted by Crippen LogP contribution is 2.56. The van der Waals surface area contributed by atoms with Gasteiger partial charge in [0, 0.05) is 26.1 Å². The minimum Gasteiger partial charge on any atom is -0.537 e. The van der Waals surface area contributed by atoms with Crippen molar-refractivity contribution in [1.29, 1.82) is 0 Å². The lowest BCUT2D eigenvalue weighted by Gasteiger charge is -2.23. The van der Waals surface area contributed by atoms with E-state index in [0.717, 1.165) is 33.7 Å². The van der Waals surface area contributed by atoms with E-state index in [0.29, 0.717) is 5.75 Å². The molecule has 20 aromatic rings. The Bertz CT molecular complexity index is 7000. The van der Waals surface area contributed by atoms with Crippen molar-refractivity contribution >= 4 is 153 Å². The van der Waals surface area contributed by atoms with Gasteiger partial charge in [-0.25, -0.2) is 0 Å². The molecule has 1 radical (unpaired) electrons. The van der Waals surface area contributed by atoms with Gasteiger partial charge in [-0.3, -0.25) is 0 Å². The number of fused-ring (bicyclic) bond motifs is 24. The van der Waals surface area contributed by atoms with Crippen LogP contribution in [0.4, 0.5) is 0 Å². The summed E-state index contributed by atoms with van der Waals surface area (Å²) in [6, 6.07) is 124. The van der Waals surface area contributed by atoms with E-state index in [2.05, 4.69) is 347 Å². The lowest BCUT2D eigenvalue weighted by Crippen LogP contribution is -2.14. The van der Waals surface area contributed by atoms with Crippen LogP contribution in [0.2, 0.25) is 0 Å². The molecule has 0 spiro atoms. The molecule has 0 bridgehead atoms.